The van der Waals surface area contributed by atoms with Crippen molar-refractivity contribution >= 4 is 5.97 Å². The van der Waals surface area contributed by atoms with Gasteiger partial charge < -0.3 is 20.1 Å². The zero-order valence-electron chi connectivity index (χ0n) is 16.1. The maximum absolute atomic E-state index is 11.5. The molecule has 5 nitrogen and oxygen atoms in total. The lowest BCUT2D eigenvalue weighted by atomic mass is 10.0. The molecule has 0 aromatic heterocycles. The average Bonchev–Trinajstić information content (AvgIpc) is 2.62. The Bertz CT molecular complexity index is 296. The van der Waals surface area contributed by atoms with Crippen LogP contribution in [0.2, 0.25) is 0 Å². The Labute approximate surface area is 153 Å². The van der Waals surface area contributed by atoms with Gasteiger partial charge in [0, 0.05) is 6.42 Å². The van der Waals surface area contributed by atoms with Gasteiger partial charge in [0.2, 0.25) is 0 Å². The molecule has 150 valence electrons. The number of aliphatic hydroxyl groups excluding tert-OH is 3. The number of rotatable bonds is 18. The van der Waals surface area contributed by atoms with Crippen LogP contribution in [-0.4, -0.2) is 46.7 Å². The van der Waals surface area contributed by atoms with Gasteiger partial charge in [-0.25, -0.2) is 0 Å². The van der Waals surface area contributed by atoms with Crippen LogP contribution in [0.5, 0.6) is 0 Å². The lowest BCUT2D eigenvalue weighted by molar-refractivity contribution is -0.149. The summed E-state index contributed by atoms with van der Waals surface area (Å²) in [7, 11) is 0. The van der Waals surface area contributed by atoms with Crippen LogP contribution in [-0.2, 0) is 9.53 Å². The molecule has 0 saturated carbocycles. The van der Waals surface area contributed by atoms with E-state index in [0.717, 1.165) is 19.3 Å². The minimum absolute atomic E-state index is 0.265. The number of hydrogen-bond donors (Lipinski definition) is 3. The highest BCUT2D eigenvalue weighted by atomic mass is 16.5. The average molecular weight is 361 g/mol. The Balaban J connectivity index is 3.26. The van der Waals surface area contributed by atoms with Crippen LogP contribution >= 0.6 is 0 Å². The van der Waals surface area contributed by atoms with Crippen LogP contribution in [0.15, 0.2) is 0 Å². The first-order valence-corrected chi connectivity index (χ1v) is 10.2. The van der Waals surface area contributed by atoms with Gasteiger partial charge in [0.15, 0.2) is 0 Å². The minimum Gasteiger partial charge on any atom is -0.463 e. The fraction of sp³-hybridized carbons (Fsp3) is 0.950. The normalized spacial score (nSPS) is 13.6. The number of carbonyl (C=O) groups is 1. The summed E-state index contributed by atoms with van der Waals surface area (Å²) in [5.41, 5.74) is 0. The molecule has 0 aromatic carbocycles. The van der Waals surface area contributed by atoms with Crippen molar-refractivity contribution in [2.75, 3.05) is 13.2 Å². The predicted molar refractivity (Wildman–Crippen MR) is 100 cm³/mol. The van der Waals surface area contributed by atoms with Gasteiger partial charge in [-0.3, -0.25) is 4.79 Å². The molecule has 0 aliphatic rings. The van der Waals surface area contributed by atoms with Gasteiger partial charge in [0.1, 0.15) is 18.8 Å². The number of aliphatic hydroxyl groups is 3. The maximum Gasteiger partial charge on any atom is 0.305 e. The predicted octanol–water partition coefficient (Wildman–Crippen LogP) is 3.73. The van der Waals surface area contributed by atoms with E-state index in [0.29, 0.717) is 6.42 Å². The second-order valence-electron chi connectivity index (χ2n) is 6.99. The Morgan fingerprint density at radius 2 is 1.20 bits per heavy atom. The standard InChI is InChI=1S/C20H40O5/c1-2-3-4-5-6-7-8-9-10-11-12-13-14-15-20(24)25-17-19(23)18(22)16-21/h18-19,21-23H,2-17H2,1H3/t18-,19+/m1/s1. The van der Waals surface area contributed by atoms with E-state index in [1.807, 2.05) is 0 Å². The molecule has 0 aliphatic carbocycles. The summed E-state index contributed by atoms with van der Waals surface area (Å²) in [5.74, 6) is -0.354. The van der Waals surface area contributed by atoms with Crippen molar-refractivity contribution < 1.29 is 24.9 Å². The molecular formula is C20H40O5. The fourth-order valence-electron chi connectivity index (χ4n) is 2.77. The summed E-state index contributed by atoms with van der Waals surface area (Å²) in [6.45, 7) is 1.44. The molecule has 3 N–H and O–H groups in total. The zero-order chi connectivity index (χ0) is 18.8. The molecule has 0 spiro atoms. The van der Waals surface area contributed by atoms with E-state index in [-0.39, 0.29) is 12.6 Å². The molecule has 25 heavy (non-hydrogen) atoms. The van der Waals surface area contributed by atoms with E-state index in [2.05, 4.69) is 6.92 Å². The number of carbonyl (C=O) groups excluding carboxylic acids is 1. The van der Waals surface area contributed by atoms with E-state index < -0.39 is 18.8 Å². The highest BCUT2D eigenvalue weighted by molar-refractivity contribution is 5.69. The second kappa shape index (κ2) is 18.2. The molecule has 0 rings (SSSR count). The van der Waals surface area contributed by atoms with Crippen molar-refractivity contribution in [3.05, 3.63) is 0 Å². The molecule has 0 aliphatic heterocycles. The first kappa shape index (κ1) is 24.4. The summed E-state index contributed by atoms with van der Waals surface area (Å²) >= 11 is 0. The van der Waals surface area contributed by atoms with Crippen molar-refractivity contribution in [2.45, 2.75) is 109 Å². The molecule has 0 bridgehead atoms. The summed E-state index contributed by atoms with van der Waals surface area (Å²) < 4.78 is 4.87. The van der Waals surface area contributed by atoms with Gasteiger partial charge in [0.05, 0.1) is 6.61 Å². The van der Waals surface area contributed by atoms with Gasteiger partial charge in [-0.2, -0.15) is 0 Å². The molecule has 2 atom stereocenters. The minimum atomic E-state index is -1.26. The molecule has 0 aromatic rings. The third-order valence-corrected chi connectivity index (χ3v) is 4.53. The lowest BCUT2D eigenvalue weighted by Gasteiger charge is -2.15. The quantitative estimate of drug-likeness (QED) is 0.256. The maximum atomic E-state index is 11.5. The van der Waals surface area contributed by atoms with Crippen LogP contribution in [0.3, 0.4) is 0 Å². The highest BCUT2D eigenvalue weighted by Gasteiger charge is 2.16. The monoisotopic (exact) mass is 360 g/mol. The Kier molecular flexibility index (Phi) is 17.7. The topological polar surface area (TPSA) is 87.0 Å². The van der Waals surface area contributed by atoms with Crippen molar-refractivity contribution in [3.63, 3.8) is 0 Å². The highest BCUT2D eigenvalue weighted by Crippen LogP contribution is 2.13. The van der Waals surface area contributed by atoms with E-state index >= 15 is 0 Å². The first-order valence-electron chi connectivity index (χ1n) is 10.2. The molecule has 5 heteroatoms. The van der Waals surface area contributed by atoms with Crippen LogP contribution in [0.4, 0.5) is 0 Å². The van der Waals surface area contributed by atoms with Crippen molar-refractivity contribution in [1.82, 2.24) is 0 Å². The smallest absolute Gasteiger partial charge is 0.305 e. The van der Waals surface area contributed by atoms with Crippen molar-refractivity contribution in [3.8, 4) is 0 Å². The van der Waals surface area contributed by atoms with Gasteiger partial charge in [-0.1, -0.05) is 84.0 Å². The van der Waals surface area contributed by atoms with Crippen LogP contribution in [0.1, 0.15) is 96.8 Å². The summed E-state index contributed by atoms with van der Waals surface area (Å²) in [5, 5.41) is 27.2. The largest absolute Gasteiger partial charge is 0.463 e. The molecule has 0 fully saturated rings. The van der Waals surface area contributed by atoms with Gasteiger partial charge >= 0.3 is 5.97 Å². The third-order valence-electron chi connectivity index (χ3n) is 4.53. The van der Waals surface area contributed by atoms with Crippen molar-refractivity contribution in [1.29, 1.82) is 0 Å². The molecule has 0 saturated heterocycles. The van der Waals surface area contributed by atoms with E-state index in [4.69, 9.17) is 14.9 Å². The van der Waals surface area contributed by atoms with Gasteiger partial charge in [0.25, 0.3) is 0 Å². The van der Waals surface area contributed by atoms with Gasteiger partial charge in [-0.15, -0.1) is 0 Å². The van der Waals surface area contributed by atoms with Crippen LogP contribution in [0, 0.1) is 0 Å². The number of unbranched alkanes of at least 4 members (excludes halogenated alkanes) is 12. The Morgan fingerprint density at radius 1 is 0.760 bits per heavy atom. The van der Waals surface area contributed by atoms with Crippen molar-refractivity contribution in [2.24, 2.45) is 0 Å². The molecule has 0 heterocycles. The molecule has 0 unspecified atom stereocenters. The van der Waals surface area contributed by atoms with E-state index in [9.17, 15) is 9.90 Å². The number of hydrogen-bond acceptors (Lipinski definition) is 5. The first-order chi connectivity index (χ1) is 12.1. The van der Waals surface area contributed by atoms with Crippen LogP contribution < -0.4 is 0 Å². The fourth-order valence-corrected chi connectivity index (χ4v) is 2.77. The van der Waals surface area contributed by atoms with Gasteiger partial charge in [-0.05, 0) is 6.42 Å². The SMILES string of the molecule is CCCCCCCCCCCCCCCC(=O)OC[C@H](O)[C@H](O)CO. The molecule has 0 amide bonds. The summed E-state index contributed by atoms with van der Waals surface area (Å²) in [6, 6.07) is 0. The number of esters is 1. The molecule has 0 radical (unpaired) electrons. The van der Waals surface area contributed by atoms with Crippen LogP contribution in [0.25, 0.3) is 0 Å². The second-order valence-corrected chi connectivity index (χ2v) is 6.99. The Morgan fingerprint density at radius 3 is 1.64 bits per heavy atom. The van der Waals surface area contributed by atoms with E-state index in [1.165, 1.54) is 64.2 Å². The lowest BCUT2D eigenvalue weighted by Crippen LogP contribution is -2.34. The molecular weight excluding hydrogens is 320 g/mol. The summed E-state index contributed by atoms with van der Waals surface area (Å²) in [6.07, 6.45) is 14.2. The summed E-state index contributed by atoms with van der Waals surface area (Å²) in [4.78, 5) is 11.5. The zero-order valence-corrected chi connectivity index (χ0v) is 16.1. The Hall–Kier alpha value is -0.650. The number of ether oxygens (including phenoxy) is 1. The van der Waals surface area contributed by atoms with E-state index in [1.54, 1.807) is 0 Å². The third kappa shape index (κ3) is 16.6.